The summed E-state index contributed by atoms with van der Waals surface area (Å²) in [5.74, 6) is 2.20. The third kappa shape index (κ3) is 4.24. The molecule has 0 aliphatic rings. The lowest BCUT2D eigenvalue weighted by atomic mass is 9.91. The number of hydrogen-bond donors (Lipinski definition) is 1. The van der Waals surface area contributed by atoms with Crippen LogP contribution in [0.3, 0.4) is 0 Å². The van der Waals surface area contributed by atoms with E-state index in [2.05, 4.69) is 56.4 Å². The van der Waals surface area contributed by atoms with Gasteiger partial charge in [0.2, 0.25) is 0 Å². The summed E-state index contributed by atoms with van der Waals surface area (Å²) in [5.41, 5.74) is 2.77. The normalized spacial score (nSPS) is 12.8. The molecule has 1 atom stereocenters. The number of hydrogen-bond acceptors (Lipinski definition) is 2. The molecule has 0 saturated carbocycles. The summed E-state index contributed by atoms with van der Waals surface area (Å²) in [6.07, 6.45) is 2.70. The summed E-state index contributed by atoms with van der Waals surface area (Å²) in [6, 6.07) is 12.7. The van der Waals surface area contributed by atoms with E-state index in [-0.39, 0.29) is 0 Å². The summed E-state index contributed by atoms with van der Waals surface area (Å²) in [7, 11) is 0. The van der Waals surface area contributed by atoms with Crippen molar-refractivity contribution in [2.75, 3.05) is 13.1 Å². The number of rotatable bonds is 7. The third-order valence-corrected chi connectivity index (χ3v) is 3.60. The molecule has 1 N–H and O–H groups in total. The minimum Gasteiger partial charge on any atom is -0.469 e. The Bertz CT molecular complexity index is 502. The molecule has 1 aromatic carbocycles. The minimum absolute atomic E-state index is 0.459. The van der Waals surface area contributed by atoms with Crippen molar-refractivity contribution in [3.05, 3.63) is 59.5 Å². The van der Waals surface area contributed by atoms with E-state index in [1.165, 1.54) is 11.1 Å². The van der Waals surface area contributed by atoms with Crippen LogP contribution in [0.25, 0.3) is 0 Å². The van der Waals surface area contributed by atoms with Gasteiger partial charge in [-0.1, -0.05) is 38.1 Å². The quantitative estimate of drug-likeness (QED) is 0.818. The topological polar surface area (TPSA) is 25.2 Å². The lowest BCUT2D eigenvalue weighted by molar-refractivity contribution is 0.461. The monoisotopic (exact) mass is 271 g/mol. The fourth-order valence-electron chi connectivity index (χ4n) is 2.55. The van der Waals surface area contributed by atoms with Crippen molar-refractivity contribution in [3.8, 4) is 0 Å². The molecule has 0 bridgehead atoms. The first-order chi connectivity index (χ1) is 9.66. The molecule has 1 heterocycles. The van der Waals surface area contributed by atoms with E-state index in [0.29, 0.717) is 11.8 Å². The van der Waals surface area contributed by atoms with Crippen LogP contribution in [0.2, 0.25) is 0 Å². The highest BCUT2D eigenvalue weighted by molar-refractivity contribution is 5.30. The van der Waals surface area contributed by atoms with Crippen LogP contribution < -0.4 is 5.32 Å². The van der Waals surface area contributed by atoms with Gasteiger partial charge in [-0.3, -0.25) is 0 Å². The highest BCUT2D eigenvalue weighted by Crippen LogP contribution is 2.23. The van der Waals surface area contributed by atoms with Gasteiger partial charge in [0.05, 0.1) is 6.26 Å². The molecule has 1 aromatic heterocycles. The van der Waals surface area contributed by atoms with E-state index in [4.69, 9.17) is 4.42 Å². The molecule has 0 amide bonds. The van der Waals surface area contributed by atoms with Crippen LogP contribution in [-0.4, -0.2) is 13.1 Å². The van der Waals surface area contributed by atoms with Gasteiger partial charge in [-0.15, -0.1) is 0 Å². The summed E-state index contributed by atoms with van der Waals surface area (Å²) in [4.78, 5) is 0. The van der Waals surface area contributed by atoms with Crippen molar-refractivity contribution >= 4 is 0 Å². The summed E-state index contributed by atoms with van der Waals surface area (Å²) in [5, 5.41) is 3.58. The Morgan fingerprint density at radius 1 is 1.05 bits per heavy atom. The molecule has 0 radical (unpaired) electrons. The van der Waals surface area contributed by atoms with E-state index in [1.54, 1.807) is 6.26 Å². The molecular formula is C18H25NO. The van der Waals surface area contributed by atoms with Gasteiger partial charge in [-0.25, -0.2) is 0 Å². The molecule has 2 aromatic rings. The average Bonchev–Trinajstić information content (AvgIpc) is 2.91. The molecule has 108 valence electrons. The lowest BCUT2D eigenvalue weighted by Crippen LogP contribution is -2.26. The van der Waals surface area contributed by atoms with Gasteiger partial charge in [-0.2, -0.15) is 0 Å². The maximum Gasteiger partial charge on any atom is 0.104 e. The first-order valence-corrected chi connectivity index (χ1v) is 7.45. The smallest absolute Gasteiger partial charge is 0.104 e. The van der Waals surface area contributed by atoms with Gasteiger partial charge < -0.3 is 9.73 Å². The van der Waals surface area contributed by atoms with Crippen LogP contribution in [-0.2, 0) is 6.42 Å². The van der Waals surface area contributed by atoms with E-state index in [0.717, 1.165) is 25.3 Å². The molecule has 0 saturated heterocycles. The molecule has 0 aliphatic heterocycles. The molecule has 0 aliphatic carbocycles. The first kappa shape index (κ1) is 14.9. The molecule has 20 heavy (non-hydrogen) atoms. The molecule has 1 unspecified atom stereocenters. The zero-order chi connectivity index (χ0) is 14.4. The van der Waals surface area contributed by atoms with Crippen LogP contribution in [0.15, 0.2) is 47.1 Å². The Morgan fingerprint density at radius 3 is 2.50 bits per heavy atom. The first-order valence-electron chi connectivity index (χ1n) is 7.45. The summed E-state index contributed by atoms with van der Waals surface area (Å²) in [6.45, 7) is 8.71. The maximum absolute atomic E-state index is 5.52. The molecule has 0 fully saturated rings. The van der Waals surface area contributed by atoms with Crippen LogP contribution in [0, 0.1) is 12.8 Å². The van der Waals surface area contributed by atoms with Crippen molar-refractivity contribution in [3.63, 3.8) is 0 Å². The van der Waals surface area contributed by atoms with Crippen LogP contribution in [0.1, 0.15) is 36.7 Å². The van der Waals surface area contributed by atoms with Crippen LogP contribution in [0.4, 0.5) is 0 Å². The average molecular weight is 271 g/mol. The fourth-order valence-corrected chi connectivity index (χ4v) is 2.55. The fraction of sp³-hybridized carbons (Fsp3) is 0.444. The zero-order valence-electron chi connectivity index (χ0n) is 12.7. The van der Waals surface area contributed by atoms with Gasteiger partial charge in [0.25, 0.3) is 0 Å². The van der Waals surface area contributed by atoms with E-state index in [9.17, 15) is 0 Å². The highest BCUT2D eigenvalue weighted by atomic mass is 16.3. The standard InChI is InChI=1S/C18H25NO/c1-14(2)12-19-13-16(11-17-8-6-10-20-17)18-9-5-4-7-15(18)3/h4-10,14,16,19H,11-13H2,1-3H3. The lowest BCUT2D eigenvalue weighted by Gasteiger charge is -2.20. The maximum atomic E-state index is 5.52. The SMILES string of the molecule is Cc1ccccc1C(CNCC(C)C)Cc1ccco1. The van der Waals surface area contributed by atoms with Crippen molar-refractivity contribution < 1.29 is 4.42 Å². The van der Waals surface area contributed by atoms with E-state index < -0.39 is 0 Å². The minimum atomic E-state index is 0.459. The highest BCUT2D eigenvalue weighted by Gasteiger charge is 2.15. The predicted octanol–water partition coefficient (Wildman–Crippen LogP) is 4.16. The molecule has 0 spiro atoms. The van der Waals surface area contributed by atoms with E-state index in [1.807, 2.05) is 6.07 Å². The van der Waals surface area contributed by atoms with Crippen molar-refractivity contribution in [1.82, 2.24) is 5.32 Å². The summed E-state index contributed by atoms with van der Waals surface area (Å²) >= 11 is 0. The van der Waals surface area contributed by atoms with Gasteiger partial charge in [0, 0.05) is 18.9 Å². The zero-order valence-corrected chi connectivity index (χ0v) is 12.7. The Hall–Kier alpha value is -1.54. The second-order valence-corrected chi connectivity index (χ2v) is 5.89. The Balaban J connectivity index is 2.09. The van der Waals surface area contributed by atoms with Crippen molar-refractivity contribution in [2.45, 2.75) is 33.1 Å². The third-order valence-electron chi connectivity index (χ3n) is 3.60. The largest absolute Gasteiger partial charge is 0.469 e. The van der Waals surface area contributed by atoms with E-state index >= 15 is 0 Å². The molecular weight excluding hydrogens is 246 g/mol. The molecule has 2 nitrogen and oxygen atoms in total. The number of nitrogens with one attached hydrogen (secondary N) is 1. The second kappa shape index (κ2) is 7.30. The van der Waals surface area contributed by atoms with Crippen LogP contribution in [0.5, 0.6) is 0 Å². The predicted molar refractivity (Wildman–Crippen MR) is 84.0 cm³/mol. The van der Waals surface area contributed by atoms with Gasteiger partial charge in [-0.05, 0) is 42.6 Å². The molecule has 2 heteroatoms. The van der Waals surface area contributed by atoms with Crippen LogP contribution >= 0.6 is 0 Å². The number of furan rings is 1. The van der Waals surface area contributed by atoms with Gasteiger partial charge >= 0.3 is 0 Å². The Labute approximate surface area is 122 Å². The number of aryl methyl sites for hydroxylation is 1. The summed E-state index contributed by atoms with van der Waals surface area (Å²) < 4.78 is 5.52. The van der Waals surface area contributed by atoms with Crippen molar-refractivity contribution in [1.29, 1.82) is 0 Å². The van der Waals surface area contributed by atoms with Gasteiger partial charge in [0.1, 0.15) is 5.76 Å². The van der Waals surface area contributed by atoms with Crippen molar-refractivity contribution in [2.24, 2.45) is 5.92 Å². The Morgan fingerprint density at radius 2 is 1.85 bits per heavy atom. The second-order valence-electron chi connectivity index (χ2n) is 5.89. The Kier molecular flexibility index (Phi) is 5.42. The van der Waals surface area contributed by atoms with Gasteiger partial charge in [0.15, 0.2) is 0 Å². The molecule has 2 rings (SSSR count). The number of benzene rings is 1.